The van der Waals surface area contributed by atoms with Crippen molar-refractivity contribution in [2.24, 2.45) is 5.92 Å². The van der Waals surface area contributed by atoms with Gasteiger partial charge in [0.15, 0.2) is 0 Å². The first-order valence-corrected chi connectivity index (χ1v) is 8.58. The minimum atomic E-state index is -0.208. The maximum absolute atomic E-state index is 13.8. The predicted octanol–water partition coefficient (Wildman–Crippen LogP) is 5.12. The summed E-state index contributed by atoms with van der Waals surface area (Å²) in [5.74, 6) is 0.891. The molecule has 122 valence electrons. The average Bonchev–Trinajstić information content (AvgIpc) is 3.13. The van der Waals surface area contributed by atoms with Crippen LogP contribution in [0.5, 0.6) is 0 Å². The summed E-state index contributed by atoms with van der Waals surface area (Å²) in [6, 6.07) is 15.8. The zero-order chi connectivity index (χ0) is 16.5. The van der Waals surface area contributed by atoms with Gasteiger partial charge in [0, 0.05) is 11.8 Å². The average molecular weight is 320 g/mol. The summed E-state index contributed by atoms with van der Waals surface area (Å²) in [6.07, 6.45) is 5.00. The summed E-state index contributed by atoms with van der Waals surface area (Å²) >= 11 is 0. The number of aromatic nitrogens is 2. The number of fused-ring (bicyclic) bond motifs is 1. The molecule has 4 rings (SSSR count). The number of aryl methyl sites for hydroxylation is 1. The fourth-order valence-electron chi connectivity index (χ4n) is 3.95. The van der Waals surface area contributed by atoms with E-state index in [1.165, 1.54) is 23.1 Å². The van der Waals surface area contributed by atoms with Crippen LogP contribution in [0.1, 0.15) is 36.0 Å². The number of hydrogen-bond acceptors (Lipinski definition) is 1. The van der Waals surface area contributed by atoms with E-state index in [1.807, 2.05) is 12.1 Å². The van der Waals surface area contributed by atoms with E-state index in [0.717, 1.165) is 24.1 Å². The second-order valence-corrected chi connectivity index (χ2v) is 6.80. The van der Waals surface area contributed by atoms with Gasteiger partial charge in [0.05, 0.1) is 5.69 Å². The molecule has 0 saturated carbocycles. The third-order valence-corrected chi connectivity index (χ3v) is 5.31. The van der Waals surface area contributed by atoms with Gasteiger partial charge < -0.3 is 0 Å². The van der Waals surface area contributed by atoms with E-state index in [1.54, 1.807) is 18.3 Å². The highest BCUT2D eigenvalue weighted by Crippen LogP contribution is 2.39. The molecule has 0 saturated heterocycles. The van der Waals surface area contributed by atoms with E-state index >= 15 is 0 Å². The molecule has 1 aromatic heterocycles. The van der Waals surface area contributed by atoms with E-state index in [4.69, 9.17) is 0 Å². The summed E-state index contributed by atoms with van der Waals surface area (Å²) in [5, 5.41) is 6.99. The molecule has 2 nitrogen and oxygen atoms in total. The number of rotatable bonds is 3. The van der Waals surface area contributed by atoms with Gasteiger partial charge in [0.1, 0.15) is 5.82 Å². The van der Waals surface area contributed by atoms with E-state index in [0.29, 0.717) is 11.8 Å². The van der Waals surface area contributed by atoms with Gasteiger partial charge in [-0.1, -0.05) is 37.3 Å². The van der Waals surface area contributed by atoms with Gasteiger partial charge in [-0.05, 0) is 66.0 Å². The molecular weight excluding hydrogens is 299 g/mol. The second-order valence-electron chi connectivity index (χ2n) is 6.80. The Balaban J connectivity index is 1.74. The van der Waals surface area contributed by atoms with E-state index in [-0.39, 0.29) is 5.82 Å². The normalized spacial score (nSPS) is 19.9. The van der Waals surface area contributed by atoms with Crippen LogP contribution >= 0.6 is 0 Å². The van der Waals surface area contributed by atoms with E-state index in [9.17, 15) is 4.39 Å². The molecule has 1 aliphatic rings. The molecule has 1 unspecified atom stereocenters. The first kappa shape index (κ1) is 15.1. The molecule has 0 bridgehead atoms. The van der Waals surface area contributed by atoms with Crippen molar-refractivity contribution in [3.8, 4) is 11.3 Å². The van der Waals surface area contributed by atoms with Gasteiger partial charge in [-0.3, -0.25) is 5.10 Å². The molecule has 1 heterocycles. The summed E-state index contributed by atoms with van der Waals surface area (Å²) in [7, 11) is 0. The number of hydrogen-bond donors (Lipinski definition) is 1. The number of aromatic amines is 1. The molecule has 0 radical (unpaired) electrons. The van der Waals surface area contributed by atoms with Crippen LogP contribution in [0.4, 0.5) is 4.39 Å². The van der Waals surface area contributed by atoms with Crippen LogP contribution in [0.2, 0.25) is 0 Å². The molecule has 0 fully saturated rings. The van der Waals surface area contributed by atoms with Crippen molar-refractivity contribution < 1.29 is 4.39 Å². The molecule has 2 aromatic carbocycles. The third-order valence-electron chi connectivity index (χ3n) is 5.31. The highest BCUT2D eigenvalue weighted by atomic mass is 19.1. The van der Waals surface area contributed by atoms with Gasteiger partial charge in [0.2, 0.25) is 0 Å². The van der Waals surface area contributed by atoms with Crippen molar-refractivity contribution in [3.05, 3.63) is 77.2 Å². The number of benzene rings is 2. The maximum atomic E-state index is 13.8. The summed E-state index contributed by atoms with van der Waals surface area (Å²) in [6.45, 7) is 2.33. The Hall–Kier alpha value is -2.42. The van der Waals surface area contributed by atoms with Crippen LogP contribution in [0.3, 0.4) is 0 Å². The SMILES string of the molecule is CC1CCc2ccccc2[C@@H]1Cc1ccc(F)cc1-c1ccn[nH]1. The number of halogens is 1. The smallest absolute Gasteiger partial charge is 0.123 e. The van der Waals surface area contributed by atoms with Gasteiger partial charge in [-0.25, -0.2) is 4.39 Å². The Morgan fingerprint density at radius 2 is 2.04 bits per heavy atom. The first-order valence-electron chi connectivity index (χ1n) is 8.58. The van der Waals surface area contributed by atoms with Crippen molar-refractivity contribution >= 4 is 0 Å². The Morgan fingerprint density at radius 1 is 1.17 bits per heavy atom. The minimum Gasteiger partial charge on any atom is -0.278 e. The highest BCUT2D eigenvalue weighted by Gasteiger charge is 2.27. The topological polar surface area (TPSA) is 28.7 Å². The lowest BCUT2D eigenvalue weighted by atomic mass is 9.73. The standard InChI is InChI=1S/C21H21FN2/c1-14-6-7-15-4-2-3-5-18(15)19(14)12-16-8-9-17(22)13-20(16)21-10-11-23-24-21/h2-5,8-11,13-14,19H,6-7,12H2,1H3,(H,23,24)/t14?,19-/m1/s1. The number of H-pyrrole nitrogens is 1. The largest absolute Gasteiger partial charge is 0.278 e. The van der Waals surface area contributed by atoms with Crippen LogP contribution in [0.15, 0.2) is 54.7 Å². The summed E-state index contributed by atoms with van der Waals surface area (Å²) in [4.78, 5) is 0. The van der Waals surface area contributed by atoms with Crippen LogP contribution in [-0.4, -0.2) is 10.2 Å². The summed E-state index contributed by atoms with van der Waals surface area (Å²) in [5.41, 5.74) is 5.89. The maximum Gasteiger partial charge on any atom is 0.123 e. The Morgan fingerprint density at radius 3 is 2.88 bits per heavy atom. The molecule has 3 heteroatoms. The van der Waals surface area contributed by atoms with E-state index in [2.05, 4.69) is 41.4 Å². The Bertz CT molecular complexity index is 839. The molecule has 0 amide bonds. The van der Waals surface area contributed by atoms with Gasteiger partial charge >= 0.3 is 0 Å². The first-order chi connectivity index (χ1) is 11.7. The van der Waals surface area contributed by atoms with Crippen LogP contribution in [-0.2, 0) is 12.8 Å². The van der Waals surface area contributed by atoms with Crippen molar-refractivity contribution in [2.75, 3.05) is 0 Å². The number of nitrogens with zero attached hydrogens (tertiary/aromatic N) is 1. The van der Waals surface area contributed by atoms with Crippen LogP contribution < -0.4 is 0 Å². The van der Waals surface area contributed by atoms with Gasteiger partial charge in [-0.15, -0.1) is 0 Å². The van der Waals surface area contributed by atoms with Gasteiger partial charge in [0.25, 0.3) is 0 Å². The highest BCUT2D eigenvalue weighted by molar-refractivity contribution is 5.63. The molecule has 1 N–H and O–H groups in total. The van der Waals surface area contributed by atoms with Crippen molar-refractivity contribution in [2.45, 2.75) is 32.1 Å². The lowest BCUT2D eigenvalue weighted by Crippen LogP contribution is -2.20. The van der Waals surface area contributed by atoms with Crippen molar-refractivity contribution in [1.82, 2.24) is 10.2 Å². The quantitative estimate of drug-likeness (QED) is 0.712. The lowest BCUT2D eigenvalue weighted by Gasteiger charge is -2.32. The van der Waals surface area contributed by atoms with Crippen molar-refractivity contribution in [3.63, 3.8) is 0 Å². The minimum absolute atomic E-state index is 0.208. The van der Waals surface area contributed by atoms with Gasteiger partial charge in [-0.2, -0.15) is 5.10 Å². The van der Waals surface area contributed by atoms with Crippen molar-refractivity contribution in [1.29, 1.82) is 0 Å². The number of nitrogens with one attached hydrogen (secondary N) is 1. The molecular formula is C21H21FN2. The third kappa shape index (κ3) is 2.75. The zero-order valence-electron chi connectivity index (χ0n) is 13.8. The van der Waals surface area contributed by atoms with E-state index < -0.39 is 0 Å². The molecule has 24 heavy (non-hydrogen) atoms. The second kappa shape index (κ2) is 6.23. The lowest BCUT2D eigenvalue weighted by molar-refractivity contribution is 0.400. The fraction of sp³-hybridized carbons (Fsp3) is 0.286. The molecule has 0 spiro atoms. The monoisotopic (exact) mass is 320 g/mol. The zero-order valence-corrected chi connectivity index (χ0v) is 13.8. The summed E-state index contributed by atoms with van der Waals surface area (Å²) < 4.78 is 13.8. The Labute approximate surface area is 141 Å². The van der Waals surface area contributed by atoms with Crippen LogP contribution in [0, 0.1) is 11.7 Å². The molecule has 3 aromatic rings. The van der Waals surface area contributed by atoms with Crippen LogP contribution in [0.25, 0.3) is 11.3 Å². The fourth-order valence-corrected chi connectivity index (χ4v) is 3.95. The molecule has 1 aliphatic carbocycles. The Kier molecular flexibility index (Phi) is 3.93. The molecule has 2 atom stereocenters. The predicted molar refractivity (Wildman–Crippen MR) is 94.4 cm³/mol. The molecule has 0 aliphatic heterocycles.